The number of nitrogens with zero attached hydrogens (tertiary/aromatic N) is 4. The summed E-state index contributed by atoms with van der Waals surface area (Å²) in [7, 11) is 0. The fourth-order valence-corrected chi connectivity index (χ4v) is 1.73. The van der Waals surface area contributed by atoms with Gasteiger partial charge in [-0.05, 0) is 35.0 Å². The first-order valence-electron chi connectivity index (χ1n) is 6.03. The Bertz CT molecular complexity index is 594. The van der Waals surface area contributed by atoms with Gasteiger partial charge in [0, 0.05) is 0 Å². The maximum Gasteiger partial charge on any atom is 0.416 e. The van der Waals surface area contributed by atoms with Gasteiger partial charge in [-0.3, -0.25) is 4.79 Å². The molecule has 1 amide bonds. The summed E-state index contributed by atoms with van der Waals surface area (Å²) in [6.07, 6.45) is -3.08. The van der Waals surface area contributed by atoms with Gasteiger partial charge < -0.3 is 5.32 Å². The zero-order chi connectivity index (χ0) is 15.5. The normalized spacial score (nSPS) is 13.0. The highest BCUT2D eigenvalue weighted by atomic mass is 19.4. The van der Waals surface area contributed by atoms with Crippen LogP contribution in [0.1, 0.15) is 24.1 Å². The molecule has 0 saturated heterocycles. The second-order valence-corrected chi connectivity index (χ2v) is 4.42. The molecule has 0 saturated carbocycles. The standard InChI is InChI=1S/C12H12F3N5O/c1-8(17-11(21)6-20-7-16-18-19-20)9-2-4-10(5-3-9)12(13,14)15/h2-5,7-8H,6H2,1H3,(H,17,21)/t8-/m0/s1. The van der Waals surface area contributed by atoms with Crippen LogP contribution in [0, 0.1) is 0 Å². The molecule has 112 valence electrons. The van der Waals surface area contributed by atoms with Gasteiger partial charge in [0.25, 0.3) is 0 Å². The van der Waals surface area contributed by atoms with E-state index >= 15 is 0 Å². The van der Waals surface area contributed by atoms with Crippen LogP contribution in [0.3, 0.4) is 0 Å². The van der Waals surface area contributed by atoms with Gasteiger partial charge >= 0.3 is 6.18 Å². The molecular formula is C12H12F3N5O. The van der Waals surface area contributed by atoms with Gasteiger partial charge in [0.15, 0.2) is 0 Å². The summed E-state index contributed by atoms with van der Waals surface area (Å²) in [4.78, 5) is 11.7. The first-order valence-corrected chi connectivity index (χ1v) is 6.03. The lowest BCUT2D eigenvalue weighted by atomic mass is 10.1. The molecule has 0 aliphatic carbocycles. The van der Waals surface area contributed by atoms with E-state index in [1.165, 1.54) is 23.1 Å². The molecule has 0 spiro atoms. The van der Waals surface area contributed by atoms with Crippen molar-refractivity contribution in [3.63, 3.8) is 0 Å². The van der Waals surface area contributed by atoms with Crippen molar-refractivity contribution in [1.29, 1.82) is 0 Å². The molecule has 2 rings (SSSR count). The lowest BCUT2D eigenvalue weighted by Crippen LogP contribution is -2.30. The predicted molar refractivity (Wildman–Crippen MR) is 65.8 cm³/mol. The van der Waals surface area contributed by atoms with E-state index in [1.807, 2.05) is 0 Å². The predicted octanol–water partition coefficient (Wildman–Crippen LogP) is 1.57. The fraction of sp³-hybridized carbons (Fsp3) is 0.333. The highest BCUT2D eigenvalue weighted by Crippen LogP contribution is 2.29. The maximum absolute atomic E-state index is 12.5. The van der Waals surface area contributed by atoms with E-state index in [4.69, 9.17) is 0 Å². The summed E-state index contributed by atoms with van der Waals surface area (Å²) in [5.74, 6) is -0.338. The molecule has 6 nitrogen and oxygen atoms in total. The quantitative estimate of drug-likeness (QED) is 0.930. The number of aromatic nitrogens is 4. The van der Waals surface area contributed by atoms with E-state index in [0.717, 1.165) is 12.1 Å². The highest BCUT2D eigenvalue weighted by Gasteiger charge is 2.30. The Kier molecular flexibility index (Phi) is 4.20. The van der Waals surface area contributed by atoms with Gasteiger partial charge in [-0.2, -0.15) is 13.2 Å². The van der Waals surface area contributed by atoms with Crippen molar-refractivity contribution in [1.82, 2.24) is 25.5 Å². The number of alkyl halides is 3. The van der Waals surface area contributed by atoms with Crippen LogP contribution in [0.15, 0.2) is 30.6 Å². The molecule has 1 heterocycles. The van der Waals surface area contributed by atoms with Gasteiger partial charge in [-0.1, -0.05) is 12.1 Å². The lowest BCUT2D eigenvalue weighted by Gasteiger charge is -2.15. The molecule has 1 aromatic heterocycles. The molecule has 2 aromatic rings. The Labute approximate surface area is 118 Å². The van der Waals surface area contributed by atoms with Crippen LogP contribution in [-0.2, 0) is 17.5 Å². The molecule has 1 atom stereocenters. The van der Waals surface area contributed by atoms with Crippen LogP contribution in [0.2, 0.25) is 0 Å². The molecule has 1 aromatic carbocycles. The lowest BCUT2D eigenvalue weighted by molar-refractivity contribution is -0.137. The number of tetrazole rings is 1. The maximum atomic E-state index is 12.5. The van der Waals surface area contributed by atoms with Crippen molar-refractivity contribution in [3.05, 3.63) is 41.7 Å². The van der Waals surface area contributed by atoms with E-state index in [0.29, 0.717) is 5.56 Å². The number of rotatable bonds is 4. The van der Waals surface area contributed by atoms with Crippen LogP contribution < -0.4 is 5.32 Å². The smallest absolute Gasteiger partial charge is 0.348 e. The van der Waals surface area contributed by atoms with E-state index in [1.54, 1.807) is 6.92 Å². The second-order valence-electron chi connectivity index (χ2n) is 4.42. The Morgan fingerprint density at radius 2 is 2.00 bits per heavy atom. The third-order valence-corrected chi connectivity index (χ3v) is 2.81. The Morgan fingerprint density at radius 1 is 1.33 bits per heavy atom. The molecule has 0 aliphatic heterocycles. The van der Waals surface area contributed by atoms with Gasteiger partial charge in [0.2, 0.25) is 5.91 Å². The van der Waals surface area contributed by atoms with E-state index in [9.17, 15) is 18.0 Å². The number of carbonyl (C=O) groups excluding carboxylic acids is 1. The van der Waals surface area contributed by atoms with Crippen LogP contribution in [0.5, 0.6) is 0 Å². The molecular weight excluding hydrogens is 287 g/mol. The number of nitrogens with one attached hydrogen (secondary N) is 1. The molecule has 21 heavy (non-hydrogen) atoms. The van der Waals surface area contributed by atoms with Crippen molar-refractivity contribution >= 4 is 5.91 Å². The van der Waals surface area contributed by atoms with Crippen LogP contribution in [-0.4, -0.2) is 26.1 Å². The van der Waals surface area contributed by atoms with Crippen molar-refractivity contribution < 1.29 is 18.0 Å². The van der Waals surface area contributed by atoms with Crippen molar-refractivity contribution in [3.8, 4) is 0 Å². The SMILES string of the molecule is C[C@H](NC(=O)Cn1cnnn1)c1ccc(C(F)(F)F)cc1. The number of hydrogen-bond acceptors (Lipinski definition) is 4. The average molecular weight is 299 g/mol. The Balaban J connectivity index is 1.96. The average Bonchev–Trinajstić information content (AvgIpc) is 2.90. The molecule has 0 fully saturated rings. The number of hydrogen-bond donors (Lipinski definition) is 1. The molecule has 1 N–H and O–H groups in total. The van der Waals surface area contributed by atoms with Crippen molar-refractivity contribution in [2.75, 3.05) is 0 Å². The minimum Gasteiger partial charge on any atom is -0.348 e. The zero-order valence-corrected chi connectivity index (χ0v) is 11.0. The largest absolute Gasteiger partial charge is 0.416 e. The number of benzene rings is 1. The van der Waals surface area contributed by atoms with Gasteiger partial charge in [0.05, 0.1) is 11.6 Å². The Morgan fingerprint density at radius 3 is 2.52 bits per heavy atom. The number of halogens is 3. The third kappa shape index (κ3) is 4.01. The van der Waals surface area contributed by atoms with Crippen molar-refractivity contribution in [2.24, 2.45) is 0 Å². The minimum atomic E-state index is -4.37. The fourth-order valence-electron chi connectivity index (χ4n) is 1.73. The first-order chi connectivity index (χ1) is 9.86. The minimum absolute atomic E-state index is 0.0576. The van der Waals surface area contributed by atoms with Gasteiger partial charge in [-0.15, -0.1) is 5.10 Å². The summed E-state index contributed by atoms with van der Waals surface area (Å²) in [6.45, 7) is 1.62. The number of carbonyl (C=O) groups is 1. The molecule has 0 unspecified atom stereocenters. The summed E-state index contributed by atoms with van der Waals surface area (Å²) < 4.78 is 38.6. The summed E-state index contributed by atoms with van der Waals surface area (Å²) in [5.41, 5.74) is -0.147. The summed E-state index contributed by atoms with van der Waals surface area (Å²) in [5, 5.41) is 13.0. The molecule has 0 aliphatic rings. The highest BCUT2D eigenvalue weighted by molar-refractivity contribution is 5.76. The number of amides is 1. The molecule has 9 heteroatoms. The zero-order valence-electron chi connectivity index (χ0n) is 11.0. The van der Waals surface area contributed by atoms with E-state index in [2.05, 4.69) is 20.8 Å². The summed E-state index contributed by atoms with van der Waals surface area (Å²) >= 11 is 0. The van der Waals surface area contributed by atoms with E-state index in [-0.39, 0.29) is 12.5 Å². The van der Waals surface area contributed by atoms with Crippen molar-refractivity contribution in [2.45, 2.75) is 25.7 Å². The second kappa shape index (κ2) is 5.90. The first kappa shape index (κ1) is 14.9. The van der Waals surface area contributed by atoms with Crippen LogP contribution in [0.25, 0.3) is 0 Å². The van der Waals surface area contributed by atoms with Gasteiger partial charge in [0.1, 0.15) is 12.9 Å². The topological polar surface area (TPSA) is 72.7 Å². The third-order valence-electron chi connectivity index (χ3n) is 2.81. The Hall–Kier alpha value is -2.45. The molecule has 0 bridgehead atoms. The van der Waals surface area contributed by atoms with Crippen LogP contribution >= 0.6 is 0 Å². The van der Waals surface area contributed by atoms with Gasteiger partial charge in [-0.25, -0.2) is 4.68 Å². The summed E-state index contributed by atoms with van der Waals surface area (Å²) in [6, 6.07) is 4.23. The monoisotopic (exact) mass is 299 g/mol. The van der Waals surface area contributed by atoms with Crippen LogP contribution in [0.4, 0.5) is 13.2 Å². The van der Waals surface area contributed by atoms with E-state index < -0.39 is 17.8 Å². The molecule has 0 radical (unpaired) electrons.